The first kappa shape index (κ1) is 13.6. The van der Waals surface area contributed by atoms with Gasteiger partial charge in [0.05, 0.1) is 0 Å². The molecule has 2 aromatic rings. The number of benzene rings is 2. The Bertz CT molecular complexity index is 713. The fourth-order valence-corrected chi connectivity index (χ4v) is 4.22. The minimum absolute atomic E-state index is 1.06. The second kappa shape index (κ2) is 4.89. The van der Waals surface area contributed by atoms with E-state index in [1.165, 1.54) is 49.0 Å². The molecular weight excluding hydrogens is 308 g/mol. The molecule has 0 bridgehead atoms. The van der Waals surface area contributed by atoms with Crippen LogP contribution >= 0.6 is 15.9 Å². The third-order valence-corrected chi connectivity index (χ3v) is 4.84. The molecule has 1 aliphatic rings. The van der Waals surface area contributed by atoms with Crippen molar-refractivity contribution in [3.63, 3.8) is 0 Å². The van der Waals surface area contributed by atoms with Crippen molar-refractivity contribution in [3.05, 3.63) is 62.1 Å². The zero-order valence-electron chi connectivity index (χ0n) is 12.5. The summed E-state index contributed by atoms with van der Waals surface area (Å²) in [5.74, 6) is 0. The first-order valence-electron chi connectivity index (χ1n) is 7.05. The predicted molar refractivity (Wildman–Crippen MR) is 91.3 cm³/mol. The maximum absolute atomic E-state index is 3.80. The summed E-state index contributed by atoms with van der Waals surface area (Å²) in [5.41, 5.74) is 11.0. The quantitative estimate of drug-likeness (QED) is 0.610. The van der Waals surface area contributed by atoms with E-state index in [1.807, 2.05) is 0 Å². The zero-order valence-corrected chi connectivity index (χ0v) is 14.1. The van der Waals surface area contributed by atoms with Crippen molar-refractivity contribution in [2.45, 2.75) is 34.1 Å². The van der Waals surface area contributed by atoms with E-state index in [0.29, 0.717) is 0 Å². The van der Waals surface area contributed by atoms with E-state index in [2.05, 4.69) is 74.0 Å². The Hall–Kier alpha value is -1.34. The van der Waals surface area contributed by atoms with E-state index < -0.39 is 0 Å². The molecule has 3 rings (SSSR count). The summed E-state index contributed by atoms with van der Waals surface area (Å²) < 4.78 is 1.22. The Kier molecular flexibility index (Phi) is 3.33. The highest BCUT2D eigenvalue weighted by Gasteiger charge is 2.18. The molecule has 1 aliphatic carbocycles. The standard InChI is InChI=1S/C19H19Br/c1-11-8-12(2)18(13(3)9-11)19-14(4)16-7-5-6-15(16)10-17(19)20/h5,7-10H,6H2,1-4H3. The number of rotatable bonds is 1. The Morgan fingerprint density at radius 1 is 0.900 bits per heavy atom. The van der Waals surface area contributed by atoms with Crippen LogP contribution in [0.2, 0.25) is 0 Å². The van der Waals surface area contributed by atoms with E-state index in [9.17, 15) is 0 Å². The topological polar surface area (TPSA) is 0 Å². The van der Waals surface area contributed by atoms with Crippen molar-refractivity contribution in [1.82, 2.24) is 0 Å². The van der Waals surface area contributed by atoms with Crippen molar-refractivity contribution in [2.24, 2.45) is 0 Å². The molecule has 0 saturated carbocycles. The summed E-state index contributed by atoms with van der Waals surface area (Å²) in [7, 11) is 0. The highest BCUT2D eigenvalue weighted by atomic mass is 79.9. The fourth-order valence-electron chi connectivity index (χ4n) is 3.44. The van der Waals surface area contributed by atoms with Gasteiger partial charge in [-0.15, -0.1) is 0 Å². The zero-order chi connectivity index (χ0) is 14.4. The monoisotopic (exact) mass is 326 g/mol. The highest BCUT2D eigenvalue weighted by molar-refractivity contribution is 9.10. The molecule has 1 heteroatoms. The van der Waals surface area contributed by atoms with Gasteiger partial charge in [-0.25, -0.2) is 0 Å². The molecule has 0 spiro atoms. The van der Waals surface area contributed by atoms with Gasteiger partial charge in [0.2, 0.25) is 0 Å². The van der Waals surface area contributed by atoms with Gasteiger partial charge in [-0.2, -0.15) is 0 Å². The first-order valence-corrected chi connectivity index (χ1v) is 7.85. The van der Waals surface area contributed by atoms with Crippen LogP contribution in [-0.4, -0.2) is 0 Å². The molecule has 2 aromatic carbocycles. The molecule has 0 heterocycles. The molecular formula is C19H19Br. The first-order chi connectivity index (χ1) is 9.49. The van der Waals surface area contributed by atoms with Crippen LogP contribution in [-0.2, 0) is 6.42 Å². The number of halogens is 1. The van der Waals surface area contributed by atoms with Crippen LogP contribution in [0, 0.1) is 27.7 Å². The van der Waals surface area contributed by atoms with Crippen molar-refractivity contribution in [1.29, 1.82) is 0 Å². The van der Waals surface area contributed by atoms with Crippen molar-refractivity contribution < 1.29 is 0 Å². The Morgan fingerprint density at radius 3 is 2.20 bits per heavy atom. The molecule has 102 valence electrons. The molecule has 0 nitrogen and oxygen atoms in total. The normalized spacial score (nSPS) is 12.8. The van der Waals surface area contributed by atoms with Gasteiger partial charge >= 0.3 is 0 Å². The molecule has 0 amide bonds. The van der Waals surface area contributed by atoms with Gasteiger partial charge in [0.15, 0.2) is 0 Å². The van der Waals surface area contributed by atoms with Crippen molar-refractivity contribution in [3.8, 4) is 11.1 Å². The SMILES string of the molecule is Cc1cc(C)c(-c2c(Br)cc3c(c2C)C=CC3)c(C)c1. The van der Waals surface area contributed by atoms with Crippen LogP contribution in [0.25, 0.3) is 17.2 Å². The van der Waals surface area contributed by atoms with Crippen LogP contribution < -0.4 is 0 Å². The lowest BCUT2D eigenvalue weighted by atomic mass is 9.88. The number of hydrogen-bond donors (Lipinski definition) is 0. The smallest absolute Gasteiger partial charge is 0.0259 e. The molecule has 20 heavy (non-hydrogen) atoms. The van der Waals surface area contributed by atoms with Gasteiger partial charge in [0.1, 0.15) is 0 Å². The average Bonchev–Trinajstić information content (AvgIpc) is 2.80. The van der Waals surface area contributed by atoms with E-state index in [1.54, 1.807) is 0 Å². The summed E-state index contributed by atoms with van der Waals surface area (Å²) in [4.78, 5) is 0. The van der Waals surface area contributed by atoms with Crippen LogP contribution in [0.1, 0.15) is 33.4 Å². The van der Waals surface area contributed by atoms with Gasteiger partial charge in [-0.3, -0.25) is 0 Å². The molecule has 0 aromatic heterocycles. The second-order valence-corrected chi connectivity index (χ2v) is 6.67. The van der Waals surface area contributed by atoms with Crippen LogP contribution in [0.4, 0.5) is 0 Å². The van der Waals surface area contributed by atoms with Gasteiger partial charge in [-0.05, 0) is 79.1 Å². The molecule has 0 N–H and O–H groups in total. The fraction of sp³-hybridized carbons (Fsp3) is 0.263. The largest absolute Gasteiger partial charge is 0.0795 e. The molecule has 0 unspecified atom stereocenters. The molecule has 0 fully saturated rings. The van der Waals surface area contributed by atoms with Gasteiger partial charge < -0.3 is 0 Å². The van der Waals surface area contributed by atoms with E-state index in [0.717, 1.165) is 6.42 Å². The molecule has 0 radical (unpaired) electrons. The maximum atomic E-state index is 3.80. The number of allylic oxidation sites excluding steroid dienone is 1. The Balaban J connectivity index is 2.34. The van der Waals surface area contributed by atoms with Crippen LogP contribution in [0.15, 0.2) is 28.7 Å². The lowest BCUT2D eigenvalue weighted by molar-refractivity contribution is 1.25. The summed E-state index contributed by atoms with van der Waals surface area (Å²) in [6, 6.07) is 6.84. The third-order valence-electron chi connectivity index (χ3n) is 4.21. The third kappa shape index (κ3) is 2.05. The summed E-state index contributed by atoms with van der Waals surface area (Å²) in [6.45, 7) is 8.83. The van der Waals surface area contributed by atoms with Crippen LogP contribution in [0.5, 0.6) is 0 Å². The van der Waals surface area contributed by atoms with E-state index in [4.69, 9.17) is 0 Å². The summed E-state index contributed by atoms with van der Waals surface area (Å²) in [6.07, 6.45) is 5.57. The van der Waals surface area contributed by atoms with Crippen molar-refractivity contribution in [2.75, 3.05) is 0 Å². The predicted octanol–water partition coefficient (Wildman–Crippen LogP) is 5.92. The summed E-state index contributed by atoms with van der Waals surface area (Å²) >= 11 is 3.80. The van der Waals surface area contributed by atoms with Gasteiger partial charge in [0.25, 0.3) is 0 Å². The molecule has 0 saturated heterocycles. The van der Waals surface area contributed by atoms with Gasteiger partial charge in [-0.1, -0.05) is 45.8 Å². The minimum Gasteiger partial charge on any atom is -0.0795 e. The van der Waals surface area contributed by atoms with E-state index in [-0.39, 0.29) is 0 Å². The minimum atomic E-state index is 1.06. The summed E-state index contributed by atoms with van der Waals surface area (Å²) in [5, 5.41) is 0. The Morgan fingerprint density at radius 2 is 1.55 bits per heavy atom. The molecule has 0 atom stereocenters. The Labute approximate surface area is 129 Å². The van der Waals surface area contributed by atoms with Crippen LogP contribution in [0.3, 0.4) is 0 Å². The second-order valence-electron chi connectivity index (χ2n) is 5.81. The molecule has 0 aliphatic heterocycles. The number of hydrogen-bond acceptors (Lipinski definition) is 0. The lowest BCUT2D eigenvalue weighted by Crippen LogP contribution is -1.97. The van der Waals surface area contributed by atoms with Crippen molar-refractivity contribution >= 4 is 22.0 Å². The lowest BCUT2D eigenvalue weighted by Gasteiger charge is -2.18. The number of aryl methyl sites for hydroxylation is 3. The van der Waals surface area contributed by atoms with E-state index >= 15 is 0 Å². The van der Waals surface area contributed by atoms with Gasteiger partial charge in [0, 0.05) is 4.47 Å². The average molecular weight is 327 g/mol. The maximum Gasteiger partial charge on any atom is 0.0259 e. The highest BCUT2D eigenvalue weighted by Crippen LogP contribution is 2.40. The number of fused-ring (bicyclic) bond motifs is 1.